The highest BCUT2D eigenvalue weighted by Crippen LogP contribution is 2.35. The minimum atomic E-state index is -0.298. The van der Waals surface area contributed by atoms with Crippen molar-refractivity contribution < 1.29 is 14.1 Å². The first-order valence-corrected chi connectivity index (χ1v) is 10.6. The summed E-state index contributed by atoms with van der Waals surface area (Å²) in [6, 6.07) is 16.6. The number of nitrogens with one attached hydrogen (secondary N) is 1. The van der Waals surface area contributed by atoms with E-state index in [1.807, 2.05) is 48.7 Å². The minimum absolute atomic E-state index is 0.0862. The zero-order valence-corrected chi connectivity index (χ0v) is 17.7. The van der Waals surface area contributed by atoms with Gasteiger partial charge in [0.15, 0.2) is 0 Å². The summed E-state index contributed by atoms with van der Waals surface area (Å²) in [5.74, 6) is 1.23. The predicted octanol–water partition coefficient (Wildman–Crippen LogP) is 3.55. The summed E-state index contributed by atoms with van der Waals surface area (Å²) in [4.78, 5) is 17.1. The van der Waals surface area contributed by atoms with Gasteiger partial charge in [0.25, 0.3) is 5.89 Å². The third-order valence-electron chi connectivity index (χ3n) is 4.50. The number of carbonyl (C=O) groups is 1. The maximum Gasteiger partial charge on any atom is 0.264 e. The molecule has 0 radical (unpaired) electrons. The summed E-state index contributed by atoms with van der Waals surface area (Å²) in [6.45, 7) is -0.0862. The average Bonchev–Trinajstić information content (AvgIpc) is 3.39. The molecule has 2 heterocycles. The number of carbonyl (C=O) groups excluding carboxylic acids is 1. The smallest absolute Gasteiger partial charge is 0.264 e. The van der Waals surface area contributed by atoms with Gasteiger partial charge >= 0.3 is 0 Å². The van der Waals surface area contributed by atoms with Crippen LogP contribution in [0.1, 0.15) is 0 Å². The van der Waals surface area contributed by atoms with Gasteiger partial charge in [-0.1, -0.05) is 47.6 Å². The Kier molecular flexibility index (Phi) is 5.89. The fourth-order valence-corrected chi connectivity index (χ4v) is 3.60. The van der Waals surface area contributed by atoms with E-state index in [9.17, 15) is 4.79 Å². The van der Waals surface area contributed by atoms with Crippen LogP contribution < -0.4 is 15.8 Å². The molecular formula is C21H20N6O3S. The topological polar surface area (TPSA) is 121 Å². The summed E-state index contributed by atoms with van der Waals surface area (Å²) in [6.07, 6.45) is 1.86. The Labute approximate surface area is 182 Å². The first-order valence-electron chi connectivity index (χ1n) is 9.33. The number of ether oxygens (including phenoxy) is 1. The van der Waals surface area contributed by atoms with Gasteiger partial charge in [0.2, 0.25) is 11.7 Å². The SMILES string of the molecule is COc1ccccc1NC(=O)Cn1nc(SC)c(-c2nc(-c3ccccc3)no2)c1N. The van der Waals surface area contributed by atoms with Gasteiger partial charge in [-0.3, -0.25) is 4.79 Å². The van der Waals surface area contributed by atoms with Crippen LogP contribution >= 0.6 is 11.8 Å². The van der Waals surface area contributed by atoms with Gasteiger partial charge in [-0.25, -0.2) is 4.68 Å². The third kappa shape index (κ3) is 4.24. The van der Waals surface area contributed by atoms with Crippen LogP contribution in [-0.4, -0.2) is 39.2 Å². The average molecular weight is 436 g/mol. The van der Waals surface area contributed by atoms with E-state index in [2.05, 4.69) is 20.6 Å². The fourth-order valence-electron chi connectivity index (χ4n) is 3.02. The van der Waals surface area contributed by atoms with E-state index in [0.29, 0.717) is 27.9 Å². The lowest BCUT2D eigenvalue weighted by atomic mass is 10.2. The Hall–Kier alpha value is -3.79. The van der Waals surface area contributed by atoms with Crippen molar-refractivity contribution in [2.24, 2.45) is 0 Å². The van der Waals surface area contributed by atoms with Crippen LogP contribution in [0.4, 0.5) is 11.5 Å². The van der Waals surface area contributed by atoms with Crippen molar-refractivity contribution in [3.63, 3.8) is 0 Å². The molecule has 9 nitrogen and oxygen atoms in total. The molecule has 0 aliphatic rings. The second kappa shape index (κ2) is 8.92. The Bertz CT molecular complexity index is 1210. The molecule has 2 aromatic heterocycles. The summed E-state index contributed by atoms with van der Waals surface area (Å²) in [7, 11) is 1.54. The van der Waals surface area contributed by atoms with Gasteiger partial charge in [-0.2, -0.15) is 10.1 Å². The standard InChI is InChI=1S/C21H20N6O3S/c1-29-15-11-7-6-10-14(15)23-16(28)12-27-18(22)17(21(25-27)31-2)20-24-19(26-30-20)13-8-4-3-5-9-13/h3-11H,12,22H2,1-2H3,(H,23,28). The highest BCUT2D eigenvalue weighted by atomic mass is 32.2. The summed E-state index contributed by atoms with van der Waals surface area (Å²) in [5, 5.41) is 11.9. The predicted molar refractivity (Wildman–Crippen MR) is 119 cm³/mol. The molecular weight excluding hydrogens is 416 g/mol. The van der Waals surface area contributed by atoms with Crippen LogP contribution in [0.5, 0.6) is 5.75 Å². The number of hydrogen-bond donors (Lipinski definition) is 2. The molecule has 0 bridgehead atoms. The highest BCUT2D eigenvalue weighted by Gasteiger charge is 2.24. The zero-order chi connectivity index (χ0) is 21.8. The molecule has 4 aromatic rings. The van der Waals surface area contributed by atoms with Gasteiger partial charge in [-0.05, 0) is 18.4 Å². The van der Waals surface area contributed by atoms with Crippen LogP contribution in [0.15, 0.2) is 64.1 Å². The zero-order valence-electron chi connectivity index (χ0n) is 16.9. The number of benzene rings is 2. The van der Waals surface area contributed by atoms with Crippen molar-refractivity contribution in [2.45, 2.75) is 11.6 Å². The minimum Gasteiger partial charge on any atom is -0.495 e. The van der Waals surface area contributed by atoms with E-state index in [-0.39, 0.29) is 24.2 Å². The molecule has 4 rings (SSSR count). The number of nitrogen functional groups attached to an aromatic ring is 1. The normalized spacial score (nSPS) is 10.8. The van der Waals surface area contributed by atoms with Gasteiger partial charge in [0, 0.05) is 5.56 Å². The number of nitrogens with zero attached hydrogens (tertiary/aromatic N) is 4. The Morgan fingerprint density at radius 1 is 1.19 bits per heavy atom. The van der Waals surface area contributed by atoms with Crippen molar-refractivity contribution in [1.82, 2.24) is 19.9 Å². The summed E-state index contributed by atoms with van der Waals surface area (Å²) in [5.41, 5.74) is 8.21. The molecule has 31 heavy (non-hydrogen) atoms. The molecule has 10 heteroatoms. The maximum atomic E-state index is 12.6. The van der Waals surface area contributed by atoms with Crippen LogP contribution in [-0.2, 0) is 11.3 Å². The number of amides is 1. The van der Waals surface area contributed by atoms with Crippen LogP contribution in [0, 0.1) is 0 Å². The molecule has 0 fully saturated rings. The first kappa shape index (κ1) is 20.5. The highest BCUT2D eigenvalue weighted by molar-refractivity contribution is 7.98. The number of aromatic nitrogens is 4. The lowest BCUT2D eigenvalue weighted by molar-refractivity contribution is -0.116. The summed E-state index contributed by atoms with van der Waals surface area (Å²) >= 11 is 1.38. The Morgan fingerprint density at radius 3 is 2.68 bits per heavy atom. The lowest BCUT2D eigenvalue weighted by Gasteiger charge is -2.10. The number of anilines is 2. The molecule has 0 aliphatic heterocycles. The fraction of sp³-hybridized carbons (Fsp3) is 0.143. The van der Waals surface area contributed by atoms with E-state index in [4.69, 9.17) is 15.0 Å². The quantitative estimate of drug-likeness (QED) is 0.422. The van der Waals surface area contributed by atoms with Gasteiger partial charge in [0.05, 0.1) is 12.8 Å². The summed E-state index contributed by atoms with van der Waals surface area (Å²) < 4.78 is 12.1. The molecule has 0 aliphatic carbocycles. The number of methoxy groups -OCH3 is 1. The second-order valence-electron chi connectivity index (χ2n) is 6.46. The first-order chi connectivity index (χ1) is 15.1. The van der Waals surface area contributed by atoms with E-state index in [0.717, 1.165) is 5.56 Å². The monoisotopic (exact) mass is 436 g/mol. The molecule has 0 unspecified atom stereocenters. The van der Waals surface area contributed by atoms with E-state index in [1.165, 1.54) is 16.4 Å². The number of para-hydroxylation sites is 2. The molecule has 158 valence electrons. The van der Waals surface area contributed by atoms with Crippen molar-refractivity contribution in [1.29, 1.82) is 0 Å². The second-order valence-corrected chi connectivity index (χ2v) is 7.26. The lowest BCUT2D eigenvalue weighted by Crippen LogP contribution is -2.21. The molecule has 2 aromatic carbocycles. The van der Waals surface area contributed by atoms with Crippen LogP contribution in [0.3, 0.4) is 0 Å². The van der Waals surface area contributed by atoms with Crippen LogP contribution in [0.2, 0.25) is 0 Å². The van der Waals surface area contributed by atoms with E-state index < -0.39 is 0 Å². The van der Waals surface area contributed by atoms with Gasteiger partial charge in [0.1, 0.15) is 28.7 Å². The third-order valence-corrected chi connectivity index (χ3v) is 5.17. The van der Waals surface area contributed by atoms with E-state index in [1.54, 1.807) is 19.2 Å². The molecule has 3 N–H and O–H groups in total. The molecule has 0 saturated carbocycles. The van der Waals surface area contributed by atoms with Crippen molar-refractivity contribution in [3.8, 4) is 28.6 Å². The molecule has 0 spiro atoms. The Balaban J connectivity index is 1.59. The number of thioether (sulfide) groups is 1. The van der Waals surface area contributed by atoms with E-state index >= 15 is 0 Å². The number of rotatable bonds is 7. The van der Waals surface area contributed by atoms with Crippen molar-refractivity contribution in [2.75, 3.05) is 24.4 Å². The molecule has 0 saturated heterocycles. The van der Waals surface area contributed by atoms with Gasteiger partial charge in [-0.15, -0.1) is 11.8 Å². The molecule has 0 atom stereocenters. The number of hydrogen-bond acceptors (Lipinski definition) is 8. The largest absolute Gasteiger partial charge is 0.495 e. The van der Waals surface area contributed by atoms with Crippen molar-refractivity contribution in [3.05, 3.63) is 54.6 Å². The number of nitrogens with two attached hydrogens (primary N) is 1. The maximum absolute atomic E-state index is 12.6. The Morgan fingerprint density at radius 2 is 1.94 bits per heavy atom. The van der Waals surface area contributed by atoms with Gasteiger partial charge < -0.3 is 20.3 Å². The van der Waals surface area contributed by atoms with Crippen molar-refractivity contribution >= 4 is 29.2 Å². The van der Waals surface area contributed by atoms with Crippen LogP contribution in [0.25, 0.3) is 22.8 Å². The molecule has 1 amide bonds.